The Morgan fingerprint density at radius 1 is 1.60 bits per heavy atom. The van der Waals surface area contributed by atoms with Crippen molar-refractivity contribution in [3.63, 3.8) is 0 Å². The number of furan rings is 1. The summed E-state index contributed by atoms with van der Waals surface area (Å²) >= 11 is 0. The van der Waals surface area contributed by atoms with E-state index < -0.39 is 5.97 Å². The number of ether oxygens (including phenoxy) is 1. The molecule has 0 bridgehead atoms. The second-order valence-corrected chi connectivity index (χ2v) is 3.06. The summed E-state index contributed by atoms with van der Waals surface area (Å²) in [4.78, 5) is 18.4. The Balaban J connectivity index is 2.41. The highest BCUT2D eigenvalue weighted by Gasteiger charge is 2.16. The number of esters is 1. The molecule has 5 nitrogen and oxygen atoms in total. The second-order valence-electron chi connectivity index (χ2n) is 3.06. The van der Waals surface area contributed by atoms with Gasteiger partial charge in [0.25, 0.3) is 0 Å². The summed E-state index contributed by atoms with van der Waals surface area (Å²) in [5, 5.41) is 0. The fourth-order valence-electron chi connectivity index (χ4n) is 1.29. The summed E-state index contributed by atoms with van der Waals surface area (Å²) in [6, 6.07) is 1.76. The van der Waals surface area contributed by atoms with Crippen LogP contribution in [0.25, 0.3) is 11.4 Å². The summed E-state index contributed by atoms with van der Waals surface area (Å²) in [5.74, 6) is 0.153. The number of aromatic amines is 1. The molecule has 2 aromatic rings. The van der Waals surface area contributed by atoms with Crippen LogP contribution < -0.4 is 0 Å². The number of nitrogens with zero attached hydrogens (tertiary/aromatic N) is 1. The maximum atomic E-state index is 11.3. The van der Waals surface area contributed by atoms with Gasteiger partial charge in [0, 0.05) is 5.69 Å². The number of hydrogen-bond donors (Lipinski definition) is 1. The van der Waals surface area contributed by atoms with Crippen molar-refractivity contribution in [3.8, 4) is 11.4 Å². The Morgan fingerprint density at radius 3 is 3.00 bits per heavy atom. The van der Waals surface area contributed by atoms with Crippen LogP contribution in [0.15, 0.2) is 23.0 Å². The fourth-order valence-corrected chi connectivity index (χ4v) is 1.29. The molecule has 0 saturated carbocycles. The van der Waals surface area contributed by atoms with Crippen LogP contribution in [0.1, 0.15) is 16.2 Å². The molecule has 0 unspecified atom stereocenters. The molecular formula is C10H10N2O3. The van der Waals surface area contributed by atoms with E-state index in [1.807, 2.05) is 0 Å². The van der Waals surface area contributed by atoms with Crippen LogP contribution in [0.3, 0.4) is 0 Å². The first-order valence-electron chi connectivity index (χ1n) is 4.40. The quantitative estimate of drug-likeness (QED) is 0.760. The Kier molecular flexibility index (Phi) is 2.29. The van der Waals surface area contributed by atoms with Crippen LogP contribution >= 0.6 is 0 Å². The smallest absolute Gasteiger partial charge is 0.358 e. The molecule has 78 valence electrons. The van der Waals surface area contributed by atoms with Crippen LogP contribution in [0.2, 0.25) is 0 Å². The van der Waals surface area contributed by atoms with Crippen LogP contribution in [-0.2, 0) is 4.74 Å². The van der Waals surface area contributed by atoms with Gasteiger partial charge < -0.3 is 14.1 Å². The first kappa shape index (κ1) is 9.51. The van der Waals surface area contributed by atoms with Gasteiger partial charge in [0.15, 0.2) is 5.69 Å². The Labute approximate surface area is 86.1 Å². The number of imidazole rings is 1. The highest BCUT2D eigenvalue weighted by Crippen LogP contribution is 2.18. The van der Waals surface area contributed by atoms with E-state index in [4.69, 9.17) is 4.42 Å². The van der Waals surface area contributed by atoms with E-state index in [2.05, 4.69) is 14.7 Å². The highest BCUT2D eigenvalue weighted by molar-refractivity contribution is 5.89. The van der Waals surface area contributed by atoms with Gasteiger partial charge in [-0.2, -0.15) is 0 Å². The van der Waals surface area contributed by atoms with Crippen molar-refractivity contribution >= 4 is 5.97 Å². The molecule has 0 aromatic carbocycles. The zero-order chi connectivity index (χ0) is 10.8. The van der Waals surface area contributed by atoms with E-state index in [9.17, 15) is 4.79 Å². The normalized spacial score (nSPS) is 10.3. The van der Waals surface area contributed by atoms with Gasteiger partial charge in [-0.15, -0.1) is 0 Å². The molecule has 0 aliphatic rings. The molecule has 2 heterocycles. The minimum atomic E-state index is -0.446. The van der Waals surface area contributed by atoms with Gasteiger partial charge in [-0.3, -0.25) is 0 Å². The van der Waals surface area contributed by atoms with Crippen LogP contribution in [0.4, 0.5) is 0 Å². The summed E-state index contributed by atoms with van der Waals surface area (Å²) in [6.45, 7) is 1.77. The Hall–Kier alpha value is -2.04. The van der Waals surface area contributed by atoms with Crippen molar-refractivity contribution in [1.82, 2.24) is 9.97 Å². The van der Waals surface area contributed by atoms with Gasteiger partial charge in [-0.1, -0.05) is 0 Å². The predicted molar refractivity (Wildman–Crippen MR) is 52.4 cm³/mol. The van der Waals surface area contributed by atoms with Crippen molar-refractivity contribution in [3.05, 3.63) is 30.0 Å². The van der Waals surface area contributed by atoms with Crippen molar-refractivity contribution in [2.24, 2.45) is 0 Å². The highest BCUT2D eigenvalue weighted by atomic mass is 16.5. The third-order valence-corrected chi connectivity index (χ3v) is 2.06. The average Bonchev–Trinajstić information content (AvgIpc) is 2.84. The van der Waals surface area contributed by atoms with E-state index in [1.54, 1.807) is 25.5 Å². The summed E-state index contributed by atoms with van der Waals surface area (Å²) in [6.07, 6.45) is 3.10. The molecule has 2 aromatic heterocycles. The maximum Gasteiger partial charge on any atom is 0.358 e. The SMILES string of the molecule is COC(=O)c1nc(-c2ccoc2)[nH]c1C. The van der Waals surface area contributed by atoms with E-state index in [1.165, 1.54) is 7.11 Å². The molecule has 0 spiro atoms. The molecule has 5 heteroatoms. The topological polar surface area (TPSA) is 68.1 Å². The lowest BCUT2D eigenvalue weighted by molar-refractivity contribution is 0.0594. The Bertz CT molecular complexity index is 471. The molecule has 0 aliphatic carbocycles. The standard InChI is InChI=1S/C10H10N2O3/c1-6-8(10(13)14-2)12-9(11-6)7-3-4-15-5-7/h3-5H,1-2H3,(H,11,12). The van der Waals surface area contributed by atoms with Gasteiger partial charge in [-0.05, 0) is 13.0 Å². The summed E-state index contributed by atoms with van der Waals surface area (Å²) < 4.78 is 9.53. The first-order valence-corrected chi connectivity index (χ1v) is 4.40. The van der Waals surface area contributed by atoms with Crippen molar-refractivity contribution < 1.29 is 13.9 Å². The minimum absolute atomic E-state index is 0.300. The molecule has 0 aliphatic heterocycles. The number of carbonyl (C=O) groups excluding carboxylic acids is 1. The zero-order valence-electron chi connectivity index (χ0n) is 8.40. The van der Waals surface area contributed by atoms with E-state index in [0.29, 0.717) is 17.2 Å². The number of aromatic nitrogens is 2. The molecular weight excluding hydrogens is 196 g/mol. The first-order chi connectivity index (χ1) is 7.22. The van der Waals surface area contributed by atoms with Crippen LogP contribution in [0.5, 0.6) is 0 Å². The molecule has 15 heavy (non-hydrogen) atoms. The monoisotopic (exact) mass is 206 g/mol. The molecule has 0 atom stereocenters. The molecule has 0 fully saturated rings. The van der Waals surface area contributed by atoms with Gasteiger partial charge in [0.2, 0.25) is 0 Å². The number of carbonyl (C=O) groups is 1. The van der Waals surface area contributed by atoms with E-state index >= 15 is 0 Å². The van der Waals surface area contributed by atoms with E-state index in [-0.39, 0.29) is 0 Å². The lowest BCUT2D eigenvalue weighted by Gasteiger charge is -1.93. The third-order valence-electron chi connectivity index (χ3n) is 2.06. The number of aryl methyl sites for hydroxylation is 1. The number of nitrogens with one attached hydrogen (secondary N) is 1. The lowest BCUT2D eigenvalue weighted by Crippen LogP contribution is -2.03. The molecule has 0 saturated heterocycles. The molecule has 2 rings (SSSR count). The van der Waals surface area contributed by atoms with E-state index in [0.717, 1.165) is 5.56 Å². The van der Waals surface area contributed by atoms with Crippen LogP contribution in [-0.4, -0.2) is 23.0 Å². The van der Waals surface area contributed by atoms with Gasteiger partial charge in [-0.25, -0.2) is 9.78 Å². The largest absolute Gasteiger partial charge is 0.472 e. The molecule has 1 N–H and O–H groups in total. The molecule has 0 radical (unpaired) electrons. The summed E-state index contributed by atoms with van der Waals surface area (Å²) in [7, 11) is 1.33. The van der Waals surface area contributed by atoms with Gasteiger partial charge in [0.1, 0.15) is 12.1 Å². The third kappa shape index (κ3) is 1.63. The number of hydrogen-bond acceptors (Lipinski definition) is 4. The number of methoxy groups -OCH3 is 1. The minimum Gasteiger partial charge on any atom is -0.472 e. The maximum absolute atomic E-state index is 11.3. The van der Waals surface area contributed by atoms with Gasteiger partial charge in [0.05, 0.1) is 18.9 Å². The fraction of sp³-hybridized carbons (Fsp3) is 0.200. The van der Waals surface area contributed by atoms with Crippen molar-refractivity contribution in [2.45, 2.75) is 6.92 Å². The number of rotatable bonds is 2. The van der Waals surface area contributed by atoms with Crippen LogP contribution in [0, 0.1) is 6.92 Å². The van der Waals surface area contributed by atoms with Crippen molar-refractivity contribution in [1.29, 1.82) is 0 Å². The Morgan fingerprint density at radius 2 is 2.40 bits per heavy atom. The number of H-pyrrole nitrogens is 1. The average molecular weight is 206 g/mol. The second kappa shape index (κ2) is 3.61. The van der Waals surface area contributed by atoms with Gasteiger partial charge >= 0.3 is 5.97 Å². The van der Waals surface area contributed by atoms with Crippen molar-refractivity contribution in [2.75, 3.05) is 7.11 Å². The predicted octanol–water partition coefficient (Wildman–Crippen LogP) is 1.76. The lowest BCUT2D eigenvalue weighted by atomic mass is 10.3. The molecule has 0 amide bonds. The summed E-state index contributed by atoms with van der Waals surface area (Å²) in [5.41, 5.74) is 1.78. The zero-order valence-corrected chi connectivity index (χ0v) is 8.40.